The summed E-state index contributed by atoms with van der Waals surface area (Å²) in [5, 5.41) is 0. The molecule has 0 bridgehead atoms. The van der Waals surface area contributed by atoms with E-state index >= 15 is 0 Å². The van der Waals surface area contributed by atoms with Crippen LogP contribution >= 0.6 is 0 Å². The Bertz CT molecular complexity index is 1040. The molecule has 0 radical (unpaired) electrons. The van der Waals surface area contributed by atoms with Crippen molar-refractivity contribution in [1.82, 2.24) is 0 Å². The van der Waals surface area contributed by atoms with E-state index in [0.29, 0.717) is 30.9 Å². The summed E-state index contributed by atoms with van der Waals surface area (Å²) >= 11 is 0. The van der Waals surface area contributed by atoms with E-state index in [9.17, 15) is 17.6 Å². The number of anilines is 1. The van der Waals surface area contributed by atoms with Crippen molar-refractivity contribution in [2.45, 2.75) is 44.0 Å². The molecule has 1 unspecified atom stereocenters. The number of nitrogens with zero attached hydrogens (tertiary/aromatic N) is 1. The fourth-order valence-corrected chi connectivity index (χ4v) is 3.92. The molecule has 0 amide bonds. The molecular formula is C22H26FNO6S. The molecule has 0 saturated carbocycles. The van der Waals surface area contributed by atoms with Crippen LogP contribution in [0.1, 0.15) is 25.8 Å². The number of rotatable bonds is 7. The second-order valence-corrected chi connectivity index (χ2v) is 9.73. The molecule has 2 aromatic rings. The molecule has 3 rings (SSSR count). The standard InChI is InChI=1S/C22H26FNO6S/c1-15(2)29-22(25)28-14-16-5-4-6-17(11-16)30-18-9-10-24(13-18)21-8-7-19(12-20(21)23)31(3,26)27/h4-8,11-12,15,18H,9-10,13-14H2,1-3H3. The number of carbonyl (C=O) groups is 1. The van der Waals surface area contributed by atoms with Crippen LogP contribution in [0.4, 0.5) is 14.9 Å². The van der Waals surface area contributed by atoms with Gasteiger partial charge in [-0.2, -0.15) is 0 Å². The number of sulfone groups is 1. The van der Waals surface area contributed by atoms with Crippen molar-refractivity contribution in [1.29, 1.82) is 0 Å². The second kappa shape index (κ2) is 9.55. The van der Waals surface area contributed by atoms with E-state index in [4.69, 9.17) is 14.2 Å². The van der Waals surface area contributed by atoms with Crippen molar-refractivity contribution in [3.8, 4) is 5.75 Å². The average molecular weight is 452 g/mol. The molecule has 1 heterocycles. The summed E-state index contributed by atoms with van der Waals surface area (Å²) in [5.74, 6) is 0.0501. The van der Waals surface area contributed by atoms with Crippen LogP contribution in [-0.2, 0) is 25.9 Å². The van der Waals surface area contributed by atoms with E-state index in [0.717, 1.165) is 17.9 Å². The molecule has 168 valence electrons. The zero-order chi connectivity index (χ0) is 22.6. The lowest BCUT2D eigenvalue weighted by atomic mass is 10.2. The van der Waals surface area contributed by atoms with Gasteiger partial charge in [0.05, 0.1) is 23.2 Å². The minimum atomic E-state index is -3.46. The van der Waals surface area contributed by atoms with Crippen LogP contribution in [0, 0.1) is 5.82 Å². The van der Waals surface area contributed by atoms with Gasteiger partial charge in [-0.3, -0.25) is 0 Å². The SMILES string of the molecule is CC(C)OC(=O)OCc1cccc(OC2CCN(c3ccc(S(C)(=O)=O)cc3F)C2)c1. The summed E-state index contributed by atoms with van der Waals surface area (Å²) in [5.41, 5.74) is 1.11. The van der Waals surface area contributed by atoms with Crippen LogP contribution in [0.3, 0.4) is 0 Å². The molecule has 0 aliphatic carbocycles. The number of halogens is 1. The molecule has 2 aromatic carbocycles. The molecule has 1 aliphatic heterocycles. The Morgan fingerprint density at radius 3 is 2.68 bits per heavy atom. The summed E-state index contributed by atoms with van der Waals surface area (Å²) in [6.45, 7) is 4.61. The van der Waals surface area contributed by atoms with Gasteiger partial charge in [0, 0.05) is 19.2 Å². The Hall–Kier alpha value is -2.81. The molecule has 1 atom stereocenters. The lowest BCUT2D eigenvalue weighted by Gasteiger charge is -2.20. The fourth-order valence-electron chi connectivity index (χ4n) is 3.29. The highest BCUT2D eigenvalue weighted by Gasteiger charge is 2.26. The van der Waals surface area contributed by atoms with Crippen molar-refractivity contribution >= 4 is 21.7 Å². The summed E-state index contributed by atoms with van der Waals surface area (Å²) in [7, 11) is -3.46. The monoisotopic (exact) mass is 451 g/mol. The van der Waals surface area contributed by atoms with E-state index < -0.39 is 21.8 Å². The maximum atomic E-state index is 14.5. The van der Waals surface area contributed by atoms with Crippen LogP contribution in [0.2, 0.25) is 0 Å². The summed E-state index contributed by atoms with van der Waals surface area (Å²) in [6.07, 6.45) is 0.607. The average Bonchev–Trinajstić information content (AvgIpc) is 3.13. The molecule has 31 heavy (non-hydrogen) atoms. The third-order valence-electron chi connectivity index (χ3n) is 4.72. The first-order valence-corrected chi connectivity index (χ1v) is 11.8. The Balaban J connectivity index is 1.59. The lowest BCUT2D eigenvalue weighted by molar-refractivity contribution is 0.0297. The molecule has 7 nitrogen and oxygen atoms in total. The van der Waals surface area contributed by atoms with Gasteiger partial charge in [0.25, 0.3) is 0 Å². The largest absolute Gasteiger partial charge is 0.508 e. The Kier molecular flexibility index (Phi) is 7.04. The minimum absolute atomic E-state index is 0.0444. The van der Waals surface area contributed by atoms with Crippen molar-refractivity contribution < 1.29 is 31.8 Å². The third-order valence-corrected chi connectivity index (χ3v) is 5.83. The molecule has 9 heteroatoms. The smallest absolute Gasteiger partial charge is 0.489 e. The first-order valence-electron chi connectivity index (χ1n) is 9.95. The van der Waals surface area contributed by atoms with Gasteiger partial charge in [-0.1, -0.05) is 12.1 Å². The summed E-state index contributed by atoms with van der Waals surface area (Å²) in [6, 6.07) is 11.2. The minimum Gasteiger partial charge on any atom is -0.489 e. The molecule has 0 aromatic heterocycles. The summed E-state index contributed by atoms with van der Waals surface area (Å²) in [4.78, 5) is 13.3. The number of hydrogen-bond acceptors (Lipinski definition) is 7. The van der Waals surface area contributed by atoms with Gasteiger partial charge in [0.15, 0.2) is 9.84 Å². The van der Waals surface area contributed by atoms with Gasteiger partial charge >= 0.3 is 6.16 Å². The quantitative estimate of drug-likeness (QED) is 0.590. The highest BCUT2D eigenvalue weighted by molar-refractivity contribution is 7.90. The number of hydrogen-bond donors (Lipinski definition) is 0. The van der Waals surface area contributed by atoms with Crippen molar-refractivity contribution in [3.05, 3.63) is 53.8 Å². The van der Waals surface area contributed by atoms with Gasteiger partial charge in [-0.25, -0.2) is 17.6 Å². The highest BCUT2D eigenvalue weighted by atomic mass is 32.2. The van der Waals surface area contributed by atoms with E-state index in [1.54, 1.807) is 32.0 Å². The molecule has 1 saturated heterocycles. The van der Waals surface area contributed by atoms with Crippen LogP contribution in [0.25, 0.3) is 0 Å². The zero-order valence-corrected chi connectivity index (χ0v) is 18.5. The number of ether oxygens (including phenoxy) is 3. The van der Waals surface area contributed by atoms with Crippen LogP contribution < -0.4 is 9.64 Å². The second-order valence-electron chi connectivity index (χ2n) is 7.71. The van der Waals surface area contributed by atoms with Crippen molar-refractivity contribution in [2.75, 3.05) is 24.2 Å². The maximum absolute atomic E-state index is 14.5. The fraction of sp³-hybridized carbons (Fsp3) is 0.409. The number of carbonyl (C=O) groups excluding carboxylic acids is 1. The molecule has 1 fully saturated rings. The predicted octanol–water partition coefficient (Wildman–Crippen LogP) is 3.95. The van der Waals surface area contributed by atoms with Crippen LogP contribution in [0.5, 0.6) is 5.75 Å². The van der Waals surface area contributed by atoms with Gasteiger partial charge < -0.3 is 19.1 Å². The van der Waals surface area contributed by atoms with Crippen molar-refractivity contribution in [2.24, 2.45) is 0 Å². The van der Waals surface area contributed by atoms with Gasteiger partial charge in [0.2, 0.25) is 0 Å². The van der Waals surface area contributed by atoms with E-state index in [-0.39, 0.29) is 23.7 Å². The Labute approximate surface area is 181 Å². The van der Waals surface area contributed by atoms with Crippen LogP contribution in [-0.4, -0.2) is 46.1 Å². The van der Waals surface area contributed by atoms with E-state index in [1.165, 1.54) is 12.1 Å². The van der Waals surface area contributed by atoms with Crippen LogP contribution in [0.15, 0.2) is 47.4 Å². The van der Waals surface area contributed by atoms with E-state index in [2.05, 4.69) is 0 Å². The number of benzene rings is 2. The van der Waals surface area contributed by atoms with E-state index in [1.807, 2.05) is 11.0 Å². The highest BCUT2D eigenvalue weighted by Crippen LogP contribution is 2.28. The van der Waals surface area contributed by atoms with Crippen molar-refractivity contribution in [3.63, 3.8) is 0 Å². The summed E-state index contributed by atoms with van der Waals surface area (Å²) < 4.78 is 53.7. The third kappa shape index (κ3) is 6.33. The normalized spacial score (nSPS) is 16.4. The molecular weight excluding hydrogens is 425 g/mol. The Morgan fingerprint density at radius 2 is 2.00 bits per heavy atom. The molecule has 0 spiro atoms. The maximum Gasteiger partial charge on any atom is 0.508 e. The lowest BCUT2D eigenvalue weighted by Crippen LogP contribution is -2.25. The van der Waals surface area contributed by atoms with Gasteiger partial charge in [-0.15, -0.1) is 0 Å². The molecule has 1 aliphatic rings. The zero-order valence-electron chi connectivity index (χ0n) is 17.7. The van der Waals surface area contributed by atoms with Gasteiger partial charge in [0.1, 0.15) is 24.3 Å². The Morgan fingerprint density at radius 1 is 1.23 bits per heavy atom. The molecule has 0 N–H and O–H groups in total. The first-order chi connectivity index (χ1) is 14.6. The van der Waals surface area contributed by atoms with Gasteiger partial charge in [-0.05, 0) is 49.7 Å². The predicted molar refractivity (Wildman–Crippen MR) is 114 cm³/mol. The first kappa shape index (κ1) is 22.9. The topological polar surface area (TPSA) is 82.1 Å².